The van der Waals surface area contributed by atoms with Gasteiger partial charge in [0.05, 0.1) is 24.8 Å². The third kappa shape index (κ3) is 2.96. The van der Waals surface area contributed by atoms with E-state index in [1.807, 2.05) is 0 Å². The summed E-state index contributed by atoms with van der Waals surface area (Å²) in [5.74, 6) is -0.0442. The first-order chi connectivity index (χ1) is 13.0. The summed E-state index contributed by atoms with van der Waals surface area (Å²) in [6.07, 6.45) is 1.82. The minimum Gasteiger partial charge on any atom is -0.508 e. The molecule has 0 saturated heterocycles. The summed E-state index contributed by atoms with van der Waals surface area (Å²) in [7, 11) is 3.01. The number of rotatable bonds is 5. The minimum atomic E-state index is -0.455. The summed E-state index contributed by atoms with van der Waals surface area (Å²) in [6, 6.07) is 9.29. The van der Waals surface area contributed by atoms with E-state index in [9.17, 15) is 9.90 Å². The van der Waals surface area contributed by atoms with Crippen LogP contribution in [0.5, 0.6) is 11.5 Å². The number of hydrogen-bond acceptors (Lipinski definition) is 4. The molecule has 0 atom stereocenters. The van der Waals surface area contributed by atoms with Gasteiger partial charge in [-0.2, -0.15) is 0 Å². The number of phenols is 1. The number of aromatic hydroxyl groups is 1. The molecule has 1 aliphatic rings. The number of benzene rings is 2. The molecule has 1 aliphatic carbocycles. The summed E-state index contributed by atoms with van der Waals surface area (Å²) in [5, 5.41) is 10.2. The number of nitrogens with zero attached hydrogens (tertiary/aromatic N) is 1. The lowest BCUT2D eigenvalue weighted by Crippen LogP contribution is -2.21. The van der Waals surface area contributed by atoms with Gasteiger partial charge in [-0.05, 0) is 42.2 Å². The molecular weight excluding hydrogens is 349 g/mol. The van der Waals surface area contributed by atoms with Crippen LogP contribution in [0.2, 0.25) is 0 Å². The fraction of sp³-hybridized carbons (Fsp3) is 0.286. The zero-order chi connectivity index (χ0) is 19.1. The highest BCUT2D eigenvalue weighted by Crippen LogP contribution is 2.44. The van der Waals surface area contributed by atoms with Crippen molar-refractivity contribution in [3.63, 3.8) is 0 Å². The van der Waals surface area contributed by atoms with Gasteiger partial charge in [-0.3, -0.25) is 4.79 Å². The molecule has 5 nitrogen and oxygen atoms in total. The van der Waals surface area contributed by atoms with E-state index in [1.165, 1.54) is 38.5 Å². The van der Waals surface area contributed by atoms with Crippen molar-refractivity contribution >= 4 is 10.9 Å². The van der Waals surface area contributed by atoms with Gasteiger partial charge in [0.2, 0.25) is 0 Å². The molecule has 0 bridgehead atoms. The first kappa shape index (κ1) is 17.5. The molecule has 1 fully saturated rings. The topological polar surface area (TPSA) is 60.7 Å². The monoisotopic (exact) mass is 369 g/mol. The summed E-state index contributed by atoms with van der Waals surface area (Å²) in [4.78, 5) is 12.8. The first-order valence-electron chi connectivity index (χ1n) is 8.78. The van der Waals surface area contributed by atoms with E-state index in [4.69, 9.17) is 9.47 Å². The van der Waals surface area contributed by atoms with Crippen LogP contribution in [0.1, 0.15) is 24.4 Å². The first-order valence-corrected chi connectivity index (χ1v) is 8.78. The molecule has 1 N–H and O–H groups in total. The van der Waals surface area contributed by atoms with E-state index in [0.717, 1.165) is 12.8 Å². The standard InChI is InChI=1S/C21H20FNO4/c1-26-11-13-9-18(25)23(14-5-6-14)20-16(13)10-17(22)19(21(20)27-2)12-3-7-15(24)8-4-12/h3-4,7-10,14,24H,5-6,11H2,1-2H3. The minimum absolute atomic E-state index is 0.0937. The van der Waals surface area contributed by atoms with Crippen molar-refractivity contribution in [3.8, 4) is 22.6 Å². The molecule has 4 rings (SSSR count). The van der Waals surface area contributed by atoms with Crippen molar-refractivity contribution in [2.75, 3.05) is 14.2 Å². The van der Waals surface area contributed by atoms with Crippen LogP contribution in [0.4, 0.5) is 4.39 Å². The maximum atomic E-state index is 15.2. The van der Waals surface area contributed by atoms with E-state index >= 15 is 4.39 Å². The van der Waals surface area contributed by atoms with Gasteiger partial charge in [-0.15, -0.1) is 0 Å². The van der Waals surface area contributed by atoms with Gasteiger partial charge in [0.25, 0.3) is 5.56 Å². The van der Waals surface area contributed by atoms with Gasteiger partial charge < -0.3 is 19.1 Å². The molecule has 3 aromatic rings. The fourth-order valence-corrected chi connectivity index (χ4v) is 3.57. The van der Waals surface area contributed by atoms with Gasteiger partial charge in [0.1, 0.15) is 11.6 Å². The van der Waals surface area contributed by atoms with Crippen molar-refractivity contribution in [3.05, 3.63) is 58.1 Å². The van der Waals surface area contributed by atoms with Gasteiger partial charge in [-0.1, -0.05) is 12.1 Å². The van der Waals surface area contributed by atoms with Crippen LogP contribution in [0.25, 0.3) is 22.0 Å². The Bertz CT molecular complexity index is 1070. The summed E-state index contributed by atoms with van der Waals surface area (Å²) < 4.78 is 27.7. The second kappa shape index (κ2) is 6.70. The molecule has 0 aliphatic heterocycles. The lowest BCUT2D eigenvalue weighted by atomic mass is 9.98. The number of methoxy groups -OCH3 is 2. The molecule has 6 heteroatoms. The Labute approximate surface area is 155 Å². The molecule has 0 spiro atoms. The van der Waals surface area contributed by atoms with E-state index in [0.29, 0.717) is 27.8 Å². The Morgan fingerprint density at radius 3 is 2.48 bits per heavy atom. The Morgan fingerprint density at radius 2 is 1.89 bits per heavy atom. The van der Waals surface area contributed by atoms with E-state index < -0.39 is 5.82 Å². The van der Waals surface area contributed by atoms with Crippen molar-refractivity contribution in [1.82, 2.24) is 4.57 Å². The molecule has 1 aromatic heterocycles. The van der Waals surface area contributed by atoms with Gasteiger partial charge >= 0.3 is 0 Å². The number of phenolic OH excluding ortho intramolecular Hbond substituents is 1. The third-order valence-corrected chi connectivity index (χ3v) is 4.90. The average Bonchev–Trinajstić information content (AvgIpc) is 3.47. The SMILES string of the molecule is COCc1cc(=O)n(C2CC2)c2c(OC)c(-c3ccc(O)cc3)c(F)cc12. The summed E-state index contributed by atoms with van der Waals surface area (Å²) >= 11 is 0. The van der Waals surface area contributed by atoms with Crippen LogP contribution in [0, 0.1) is 5.82 Å². The Morgan fingerprint density at radius 1 is 1.19 bits per heavy atom. The molecule has 27 heavy (non-hydrogen) atoms. The maximum Gasteiger partial charge on any atom is 0.251 e. The van der Waals surface area contributed by atoms with Crippen molar-refractivity contribution in [2.45, 2.75) is 25.5 Å². The van der Waals surface area contributed by atoms with Gasteiger partial charge in [0, 0.05) is 24.6 Å². The predicted octanol–water partition coefficient (Wildman–Crippen LogP) is 4.00. The average molecular weight is 369 g/mol. The van der Waals surface area contributed by atoms with E-state index in [-0.39, 0.29) is 29.5 Å². The smallest absolute Gasteiger partial charge is 0.251 e. The lowest BCUT2D eigenvalue weighted by Gasteiger charge is -2.19. The van der Waals surface area contributed by atoms with Gasteiger partial charge in [-0.25, -0.2) is 4.39 Å². The van der Waals surface area contributed by atoms with E-state index in [1.54, 1.807) is 16.7 Å². The largest absolute Gasteiger partial charge is 0.508 e. The van der Waals surface area contributed by atoms with Crippen molar-refractivity contribution < 1.29 is 19.0 Å². The van der Waals surface area contributed by atoms with Crippen LogP contribution >= 0.6 is 0 Å². The molecule has 140 valence electrons. The van der Waals surface area contributed by atoms with Crippen LogP contribution < -0.4 is 10.3 Å². The van der Waals surface area contributed by atoms with Gasteiger partial charge in [0.15, 0.2) is 5.75 Å². The molecule has 1 saturated carbocycles. The quantitative estimate of drug-likeness (QED) is 0.738. The van der Waals surface area contributed by atoms with Crippen LogP contribution in [0.3, 0.4) is 0 Å². The second-order valence-electron chi connectivity index (χ2n) is 6.75. The fourth-order valence-electron chi connectivity index (χ4n) is 3.57. The molecule has 1 heterocycles. The number of ether oxygens (including phenoxy) is 2. The normalized spacial score (nSPS) is 13.9. The maximum absolute atomic E-state index is 15.2. The Kier molecular flexibility index (Phi) is 4.36. The Balaban J connectivity index is 2.12. The predicted molar refractivity (Wildman–Crippen MR) is 101 cm³/mol. The highest BCUT2D eigenvalue weighted by Gasteiger charge is 2.30. The highest BCUT2D eigenvalue weighted by molar-refractivity contribution is 5.95. The lowest BCUT2D eigenvalue weighted by molar-refractivity contribution is 0.186. The van der Waals surface area contributed by atoms with Crippen molar-refractivity contribution in [1.29, 1.82) is 0 Å². The third-order valence-electron chi connectivity index (χ3n) is 4.90. The highest BCUT2D eigenvalue weighted by atomic mass is 19.1. The number of aromatic nitrogens is 1. The zero-order valence-corrected chi connectivity index (χ0v) is 15.2. The number of hydrogen-bond donors (Lipinski definition) is 1. The molecule has 0 amide bonds. The number of halogens is 1. The Hall–Kier alpha value is -2.86. The molecule has 0 radical (unpaired) electrons. The van der Waals surface area contributed by atoms with Crippen molar-refractivity contribution in [2.24, 2.45) is 0 Å². The van der Waals surface area contributed by atoms with Crippen LogP contribution in [-0.2, 0) is 11.3 Å². The number of fused-ring (bicyclic) bond motifs is 1. The van der Waals surface area contributed by atoms with E-state index in [2.05, 4.69) is 0 Å². The molecular formula is C21H20FNO4. The van der Waals surface area contributed by atoms with Crippen LogP contribution in [0.15, 0.2) is 41.2 Å². The number of pyridine rings is 1. The van der Waals surface area contributed by atoms with Crippen LogP contribution in [-0.4, -0.2) is 23.9 Å². The zero-order valence-electron chi connectivity index (χ0n) is 15.2. The second-order valence-corrected chi connectivity index (χ2v) is 6.75. The summed E-state index contributed by atoms with van der Waals surface area (Å²) in [5.41, 5.74) is 1.91. The summed E-state index contributed by atoms with van der Waals surface area (Å²) in [6.45, 7) is 0.207. The molecule has 0 unspecified atom stereocenters. The molecule has 2 aromatic carbocycles.